The Morgan fingerprint density at radius 3 is 3.21 bits per heavy atom. The van der Waals surface area contributed by atoms with E-state index in [2.05, 4.69) is 20.9 Å². The van der Waals surface area contributed by atoms with Crippen molar-refractivity contribution in [1.29, 1.82) is 0 Å². The van der Waals surface area contributed by atoms with Crippen molar-refractivity contribution in [3.63, 3.8) is 0 Å². The Morgan fingerprint density at radius 2 is 2.50 bits per heavy atom. The number of nitrogens with zero attached hydrogens (tertiary/aromatic N) is 1. The summed E-state index contributed by atoms with van der Waals surface area (Å²) in [6.45, 7) is 2.80. The molecule has 0 aromatic carbocycles. The van der Waals surface area contributed by atoms with E-state index >= 15 is 0 Å². The van der Waals surface area contributed by atoms with E-state index < -0.39 is 5.60 Å². The first-order valence-corrected chi connectivity index (χ1v) is 5.40. The van der Waals surface area contributed by atoms with Gasteiger partial charge >= 0.3 is 0 Å². The van der Waals surface area contributed by atoms with Gasteiger partial charge in [-0.2, -0.15) is 0 Å². The lowest BCUT2D eigenvalue weighted by Gasteiger charge is -2.32. The average molecular weight is 258 g/mol. The number of aliphatic hydroxyl groups is 1. The third-order valence-corrected chi connectivity index (χ3v) is 2.99. The zero-order chi connectivity index (χ0) is 10.2. The standard InChI is InChI=1S/C10H12BrNO2/c1-2-10(13)6-14-5-7-3-8(11)4-12-9(7)10/h3-4,13H,2,5-6H2,1H3. The van der Waals surface area contributed by atoms with Crippen LogP contribution in [0.15, 0.2) is 16.7 Å². The van der Waals surface area contributed by atoms with Crippen molar-refractivity contribution in [2.45, 2.75) is 25.6 Å². The molecule has 1 aromatic rings. The highest BCUT2D eigenvalue weighted by Crippen LogP contribution is 2.32. The summed E-state index contributed by atoms with van der Waals surface area (Å²) in [7, 11) is 0. The van der Waals surface area contributed by atoms with Crippen molar-refractivity contribution < 1.29 is 9.84 Å². The molecular formula is C10H12BrNO2. The van der Waals surface area contributed by atoms with Crippen LogP contribution in [0.2, 0.25) is 0 Å². The zero-order valence-electron chi connectivity index (χ0n) is 7.96. The van der Waals surface area contributed by atoms with Gasteiger partial charge in [-0.25, -0.2) is 0 Å². The smallest absolute Gasteiger partial charge is 0.130 e. The minimum Gasteiger partial charge on any atom is -0.381 e. The lowest BCUT2D eigenvalue weighted by Crippen LogP contribution is -2.36. The number of pyridine rings is 1. The molecule has 1 aromatic heterocycles. The Hall–Kier alpha value is -0.450. The van der Waals surface area contributed by atoms with Crippen molar-refractivity contribution >= 4 is 15.9 Å². The summed E-state index contributed by atoms with van der Waals surface area (Å²) in [5.41, 5.74) is 0.818. The predicted octanol–water partition coefficient (Wildman–Crippen LogP) is 1.97. The van der Waals surface area contributed by atoms with E-state index in [4.69, 9.17) is 4.74 Å². The van der Waals surface area contributed by atoms with Gasteiger partial charge in [-0.3, -0.25) is 4.98 Å². The molecule has 2 heterocycles. The summed E-state index contributed by atoms with van der Waals surface area (Å²) in [5, 5.41) is 10.2. The third kappa shape index (κ3) is 1.58. The average Bonchev–Trinajstić information content (AvgIpc) is 2.18. The maximum Gasteiger partial charge on any atom is 0.130 e. The second-order valence-electron chi connectivity index (χ2n) is 3.54. The molecule has 0 aliphatic carbocycles. The van der Waals surface area contributed by atoms with Crippen LogP contribution in [0.4, 0.5) is 0 Å². The van der Waals surface area contributed by atoms with Crippen molar-refractivity contribution in [2.75, 3.05) is 6.61 Å². The summed E-state index contributed by atoms with van der Waals surface area (Å²) in [6.07, 6.45) is 2.33. The van der Waals surface area contributed by atoms with E-state index in [0.29, 0.717) is 19.6 Å². The normalized spacial score (nSPS) is 25.9. The van der Waals surface area contributed by atoms with Gasteiger partial charge in [0, 0.05) is 16.2 Å². The minimum atomic E-state index is -0.908. The first-order valence-electron chi connectivity index (χ1n) is 4.61. The summed E-state index contributed by atoms with van der Waals surface area (Å²) in [5.74, 6) is 0. The highest BCUT2D eigenvalue weighted by molar-refractivity contribution is 9.10. The Bertz CT molecular complexity index is 356. The van der Waals surface area contributed by atoms with Gasteiger partial charge in [-0.1, -0.05) is 6.92 Å². The maximum atomic E-state index is 10.2. The van der Waals surface area contributed by atoms with Crippen LogP contribution in [0.3, 0.4) is 0 Å². The SMILES string of the molecule is CCC1(O)COCc2cc(Br)cnc21. The molecule has 2 rings (SSSR count). The van der Waals surface area contributed by atoms with Crippen LogP contribution < -0.4 is 0 Å². The number of ether oxygens (including phenoxy) is 1. The molecule has 4 heteroatoms. The second-order valence-corrected chi connectivity index (χ2v) is 4.45. The molecular weight excluding hydrogens is 246 g/mol. The van der Waals surface area contributed by atoms with Gasteiger partial charge in [0.2, 0.25) is 0 Å². The van der Waals surface area contributed by atoms with E-state index in [9.17, 15) is 5.11 Å². The van der Waals surface area contributed by atoms with Crippen molar-refractivity contribution in [2.24, 2.45) is 0 Å². The predicted molar refractivity (Wildman–Crippen MR) is 55.8 cm³/mol. The molecule has 0 amide bonds. The Labute approximate surface area is 91.2 Å². The van der Waals surface area contributed by atoms with Gasteiger partial charge < -0.3 is 9.84 Å². The van der Waals surface area contributed by atoms with E-state index in [0.717, 1.165) is 15.7 Å². The Balaban J connectivity index is 2.50. The first kappa shape index (κ1) is 10.1. The lowest BCUT2D eigenvalue weighted by atomic mass is 9.91. The van der Waals surface area contributed by atoms with E-state index in [1.165, 1.54) is 0 Å². The largest absolute Gasteiger partial charge is 0.381 e. The monoisotopic (exact) mass is 257 g/mol. The number of fused-ring (bicyclic) bond motifs is 1. The molecule has 0 fully saturated rings. The molecule has 0 saturated carbocycles. The fraction of sp³-hybridized carbons (Fsp3) is 0.500. The Kier molecular flexibility index (Phi) is 2.60. The van der Waals surface area contributed by atoms with Crippen LogP contribution in [-0.4, -0.2) is 16.7 Å². The Morgan fingerprint density at radius 1 is 1.71 bits per heavy atom. The molecule has 1 atom stereocenters. The van der Waals surface area contributed by atoms with Crippen molar-refractivity contribution in [1.82, 2.24) is 4.98 Å². The highest BCUT2D eigenvalue weighted by Gasteiger charge is 2.34. The molecule has 0 spiro atoms. The third-order valence-electron chi connectivity index (χ3n) is 2.56. The number of hydrogen-bond donors (Lipinski definition) is 1. The van der Waals surface area contributed by atoms with Gasteiger partial charge in [-0.05, 0) is 28.4 Å². The zero-order valence-corrected chi connectivity index (χ0v) is 9.54. The summed E-state index contributed by atoms with van der Waals surface area (Å²) < 4.78 is 6.26. The quantitative estimate of drug-likeness (QED) is 0.837. The number of rotatable bonds is 1. The van der Waals surface area contributed by atoms with Crippen LogP contribution in [0.5, 0.6) is 0 Å². The van der Waals surface area contributed by atoms with E-state index in [-0.39, 0.29) is 0 Å². The van der Waals surface area contributed by atoms with Crippen LogP contribution in [-0.2, 0) is 16.9 Å². The van der Waals surface area contributed by atoms with Gasteiger partial charge in [0.1, 0.15) is 5.60 Å². The van der Waals surface area contributed by atoms with Crippen LogP contribution in [0, 0.1) is 0 Å². The number of aromatic nitrogens is 1. The maximum absolute atomic E-state index is 10.2. The molecule has 14 heavy (non-hydrogen) atoms. The minimum absolute atomic E-state index is 0.338. The lowest BCUT2D eigenvalue weighted by molar-refractivity contribution is -0.0783. The summed E-state index contributed by atoms with van der Waals surface area (Å²) in [4.78, 5) is 4.27. The molecule has 1 aliphatic rings. The molecule has 3 nitrogen and oxygen atoms in total. The van der Waals surface area contributed by atoms with Crippen molar-refractivity contribution in [3.8, 4) is 0 Å². The number of hydrogen-bond acceptors (Lipinski definition) is 3. The van der Waals surface area contributed by atoms with Gasteiger partial charge in [0.05, 0.1) is 18.9 Å². The van der Waals surface area contributed by atoms with Crippen molar-refractivity contribution in [3.05, 3.63) is 28.0 Å². The topological polar surface area (TPSA) is 42.4 Å². The highest BCUT2D eigenvalue weighted by atomic mass is 79.9. The molecule has 1 N–H and O–H groups in total. The van der Waals surface area contributed by atoms with E-state index in [1.54, 1.807) is 6.20 Å². The van der Waals surface area contributed by atoms with E-state index in [1.807, 2.05) is 13.0 Å². The molecule has 0 radical (unpaired) electrons. The van der Waals surface area contributed by atoms with Gasteiger partial charge in [-0.15, -0.1) is 0 Å². The van der Waals surface area contributed by atoms with Crippen LogP contribution in [0.25, 0.3) is 0 Å². The molecule has 0 bridgehead atoms. The van der Waals surface area contributed by atoms with Gasteiger partial charge in [0.15, 0.2) is 0 Å². The molecule has 1 aliphatic heterocycles. The fourth-order valence-corrected chi connectivity index (χ4v) is 2.06. The second kappa shape index (κ2) is 3.61. The fourth-order valence-electron chi connectivity index (χ4n) is 1.68. The molecule has 76 valence electrons. The van der Waals surface area contributed by atoms with Gasteiger partial charge in [0.25, 0.3) is 0 Å². The number of halogens is 1. The molecule has 0 saturated heterocycles. The molecule has 1 unspecified atom stereocenters. The summed E-state index contributed by atoms with van der Waals surface area (Å²) >= 11 is 3.35. The van der Waals surface area contributed by atoms with Crippen LogP contribution in [0.1, 0.15) is 24.6 Å². The first-order chi connectivity index (χ1) is 6.65. The van der Waals surface area contributed by atoms with Crippen LogP contribution >= 0.6 is 15.9 Å². The summed E-state index contributed by atoms with van der Waals surface area (Å²) in [6, 6.07) is 1.95.